The molecule has 0 aliphatic heterocycles. The van der Waals surface area contributed by atoms with Gasteiger partial charge in [0.15, 0.2) is 0 Å². The predicted octanol–water partition coefficient (Wildman–Crippen LogP) is 3.74. The van der Waals surface area contributed by atoms with Crippen molar-refractivity contribution in [3.05, 3.63) is 35.4 Å². The third kappa shape index (κ3) is 3.19. The van der Waals surface area contributed by atoms with Crippen LogP contribution in [0, 0.1) is 0 Å². The fourth-order valence-electron chi connectivity index (χ4n) is 1.99. The molecule has 0 unspecified atom stereocenters. The molecule has 1 aliphatic carbocycles. The van der Waals surface area contributed by atoms with Gasteiger partial charge in [-0.3, -0.25) is 4.79 Å². The molecule has 0 radical (unpaired) electrons. The number of carbonyl (C=O) groups excluding carboxylic acids is 1. The van der Waals surface area contributed by atoms with E-state index in [4.69, 9.17) is 4.74 Å². The molecule has 0 atom stereocenters. The Morgan fingerprint density at radius 2 is 2.24 bits per heavy atom. The predicted molar refractivity (Wildman–Crippen MR) is 69.0 cm³/mol. The lowest BCUT2D eigenvalue weighted by molar-refractivity contribution is -0.134. The summed E-state index contributed by atoms with van der Waals surface area (Å²) >= 11 is 0. The average Bonchev–Trinajstić information content (AvgIpc) is 2.76. The van der Waals surface area contributed by atoms with E-state index in [0.29, 0.717) is 12.2 Å². The zero-order valence-corrected chi connectivity index (χ0v) is 10.2. The minimum atomic E-state index is -0.125. The van der Waals surface area contributed by atoms with Gasteiger partial charge >= 0.3 is 5.97 Å². The van der Waals surface area contributed by atoms with Crippen LogP contribution in [0.25, 0.3) is 6.08 Å². The van der Waals surface area contributed by atoms with Crippen LogP contribution < -0.4 is 4.74 Å². The summed E-state index contributed by atoms with van der Waals surface area (Å²) in [4.78, 5) is 11.5. The Kier molecular flexibility index (Phi) is 3.97. The minimum absolute atomic E-state index is 0.125. The van der Waals surface area contributed by atoms with Gasteiger partial charge in [0, 0.05) is 6.42 Å². The monoisotopic (exact) mass is 230 g/mol. The smallest absolute Gasteiger partial charge is 0.311 e. The maximum absolute atomic E-state index is 11.5. The lowest BCUT2D eigenvalue weighted by Crippen LogP contribution is -2.07. The molecule has 0 saturated carbocycles. The van der Waals surface area contributed by atoms with Gasteiger partial charge < -0.3 is 4.74 Å². The molecule has 17 heavy (non-hydrogen) atoms. The van der Waals surface area contributed by atoms with Crippen LogP contribution in [0.2, 0.25) is 0 Å². The largest absolute Gasteiger partial charge is 0.427 e. The van der Waals surface area contributed by atoms with Crippen LogP contribution in [-0.4, -0.2) is 5.97 Å². The van der Waals surface area contributed by atoms with Crippen LogP contribution in [0.1, 0.15) is 43.7 Å². The Morgan fingerprint density at radius 3 is 3.06 bits per heavy atom. The van der Waals surface area contributed by atoms with E-state index in [-0.39, 0.29) is 5.97 Å². The number of hydrogen-bond donors (Lipinski definition) is 0. The van der Waals surface area contributed by atoms with Crippen LogP contribution in [0.5, 0.6) is 5.75 Å². The molecule has 1 aromatic carbocycles. The summed E-state index contributed by atoms with van der Waals surface area (Å²) < 4.78 is 5.31. The molecule has 0 saturated heterocycles. The quantitative estimate of drug-likeness (QED) is 0.437. The zero-order valence-electron chi connectivity index (χ0n) is 10.2. The summed E-state index contributed by atoms with van der Waals surface area (Å²) in [6, 6.07) is 5.85. The highest BCUT2D eigenvalue weighted by molar-refractivity contribution is 5.73. The number of fused-ring (bicyclic) bond motifs is 1. The summed E-state index contributed by atoms with van der Waals surface area (Å²) in [5.41, 5.74) is 2.47. The van der Waals surface area contributed by atoms with Crippen molar-refractivity contribution < 1.29 is 9.53 Å². The average molecular weight is 230 g/mol. The molecular formula is C15H18O2. The Balaban J connectivity index is 1.90. The Labute approximate surface area is 102 Å². The lowest BCUT2D eigenvalue weighted by atomic mass is 10.1. The van der Waals surface area contributed by atoms with Gasteiger partial charge in [0.25, 0.3) is 0 Å². The molecular weight excluding hydrogens is 212 g/mol. The number of unbranched alkanes of at least 4 members (excludes halogenated alkanes) is 2. The normalized spacial score (nSPS) is 12.5. The molecule has 1 aliphatic rings. The number of esters is 1. The van der Waals surface area contributed by atoms with Crippen LogP contribution in [0.3, 0.4) is 0 Å². The first-order valence-corrected chi connectivity index (χ1v) is 6.29. The van der Waals surface area contributed by atoms with E-state index in [0.717, 1.165) is 25.7 Å². The van der Waals surface area contributed by atoms with Gasteiger partial charge in [-0.2, -0.15) is 0 Å². The molecule has 90 valence electrons. The highest BCUT2D eigenvalue weighted by atomic mass is 16.5. The Bertz CT molecular complexity index is 433. The van der Waals surface area contributed by atoms with E-state index < -0.39 is 0 Å². The van der Waals surface area contributed by atoms with E-state index in [1.165, 1.54) is 11.1 Å². The van der Waals surface area contributed by atoms with Gasteiger partial charge in [-0.25, -0.2) is 0 Å². The SMILES string of the molecule is CCCCCC(=O)Oc1ccc2c(c1)C=CC2. The highest BCUT2D eigenvalue weighted by Gasteiger charge is 2.09. The maximum atomic E-state index is 11.5. The number of carbonyl (C=O) groups is 1. The van der Waals surface area contributed by atoms with Crippen LogP contribution >= 0.6 is 0 Å². The second kappa shape index (κ2) is 5.67. The number of benzene rings is 1. The van der Waals surface area contributed by atoms with Gasteiger partial charge in [0.05, 0.1) is 0 Å². The van der Waals surface area contributed by atoms with Gasteiger partial charge in [0.2, 0.25) is 0 Å². The van der Waals surface area contributed by atoms with Gasteiger partial charge in [-0.15, -0.1) is 0 Å². The summed E-state index contributed by atoms with van der Waals surface area (Å²) in [7, 11) is 0. The summed E-state index contributed by atoms with van der Waals surface area (Å²) in [5, 5.41) is 0. The van der Waals surface area contributed by atoms with E-state index in [1.54, 1.807) is 0 Å². The van der Waals surface area contributed by atoms with E-state index >= 15 is 0 Å². The minimum Gasteiger partial charge on any atom is -0.427 e. The highest BCUT2D eigenvalue weighted by Crippen LogP contribution is 2.24. The van der Waals surface area contributed by atoms with Crippen molar-refractivity contribution in [3.63, 3.8) is 0 Å². The maximum Gasteiger partial charge on any atom is 0.311 e. The molecule has 1 aromatic rings. The van der Waals surface area contributed by atoms with Crippen molar-refractivity contribution in [3.8, 4) is 5.75 Å². The third-order valence-electron chi connectivity index (χ3n) is 2.97. The number of ether oxygens (including phenoxy) is 1. The van der Waals surface area contributed by atoms with Gasteiger partial charge in [-0.05, 0) is 36.1 Å². The van der Waals surface area contributed by atoms with Crippen molar-refractivity contribution >= 4 is 12.0 Å². The Morgan fingerprint density at radius 1 is 1.35 bits per heavy atom. The van der Waals surface area contributed by atoms with E-state index in [9.17, 15) is 4.79 Å². The van der Waals surface area contributed by atoms with Gasteiger partial charge in [0.1, 0.15) is 5.75 Å². The molecule has 0 spiro atoms. The van der Waals surface area contributed by atoms with E-state index in [1.807, 2.05) is 18.2 Å². The lowest BCUT2D eigenvalue weighted by Gasteiger charge is -2.06. The molecule has 0 fully saturated rings. The first kappa shape index (κ1) is 11.9. The zero-order chi connectivity index (χ0) is 12.1. The van der Waals surface area contributed by atoms with Crippen molar-refractivity contribution in [1.29, 1.82) is 0 Å². The molecule has 2 nitrogen and oxygen atoms in total. The first-order valence-electron chi connectivity index (χ1n) is 6.29. The number of allylic oxidation sites excluding steroid dienone is 1. The molecule has 0 heterocycles. The molecule has 0 N–H and O–H groups in total. The summed E-state index contributed by atoms with van der Waals surface area (Å²) in [5.74, 6) is 0.539. The Hall–Kier alpha value is -1.57. The number of hydrogen-bond acceptors (Lipinski definition) is 2. The third-order valence-corrected chi connectivity index (χ3v) is 2.97. The van der Waals surface area contributed by atoms with Crippen molar-refractivity contribution in [1.82, 2.24) is 0 Å². The van der Waals surface area contributed by atoms with Crippen LogP contribution in [0.15, 0.2) is 24.3 Å². The molecule has 0 amide bonds. The van der Waals surface area contributed by atoms with E-state index in [2.05, 4.69) is 19.1 Å². The summed E-state index contributed by atoms with van der Waals surface area (Å²) in [6.45, 7) is 2.12. The fourth-order valence-corrected chi connectivity index (χ4v) is 1.99. The van der Waals surface area contributed by atoms with Crippen molar-refractivity contribution in [2.45, 2.75) is 39.0 Å². The molecule has 0 aromatic heterocycles. The van der Waals surface area contributed by atoms with Crippen molar-refractivity contribution in [2.75, 3.05) is 0 Å². The molecule has 2 heteroatoms. The first-order chi connectivity index (χ1) is 8.29. The van der Waals surface area contributed by atoms with Crippen molar-refractivity contribution in [2.24, 2.45) is 0 Å². The second-order valence-corrected chi connectivity index (χ2v) is 4.40. The topological polar surface area (TPSA) is 26.3 Å². The number of rotatable bonds is 5. The van der Waals surface area contributed by atoms with Gasteiger partial charge in [-0.1, -0.05) is 38.0 Å². The molecule has 0 bridgehead atoms. The summed E-state index contributed by atoms with van der Waals surface area (Å²) in [6.07, 6.45) is 8.82. The standard InChI is InChI=1S/C15H18O2/c1-2-3-4-8-15(16)17-14-10-9-12-6-5-7-13(12)11-14/h5,7,9-11H,2-4,6,8H2,1H3. The molecule has 2 rings (SSSR count). The van der Waals surface area contributed by atoms with Crippen LogP contribution in [-0.2, 0) is 11.2 Å². The fraction of sp³-hybridized carbons (Fsp3) is 0.400. The second-order valence-electron chi connectivity index (χ2n) is 4.40. The van der Waals surface area contributed by atoms with Crippen LogP contribution in [0.4, 0.5) is 0 Å².